The maximum atomic E-state index is 12.2. The topological polar surface area (TPSA) is 26.3 Å². The summed E-state index contributed by atoms with van der Waals surface area (Å²) in [5.74, 6) is 0.962. The Labute approximate surface area is 167 Å². The second-order valence-corrected chi connectivity index (χ2v) is 7.74. The van der Waals surface area contributed by atoms with Crippen molar-refractivity contribution >= 4 is 5.97 Å². The minimum atomic E-state index is -0.329. The monoisotopic (exact) mass is 370 g/mol. The van der Waals surface area contributed by atoms with E-state index in [2.05, 4.69) is 24.3 Å². The molecule has 3 aromatic carbocycles. The summed E-state index contributed by atoms with van der Waals surface area (Å²) in [4.78, 5) is 12.2. The fraction of sp³-hybridized carbons (Fsp3) is 0.269. The van der Waals surface area contributed by atoms with Gasteiger partial charge in [0.25, 0.3) is 0 Å². The average Bonchev–Trinajstić information content (AvgIpc) is 2.75. The summed E-state index contributed by atoms with van der Waals surface area (Å²) < 4.78 is 5.49. The van der Waals surface area contributed by atoms with Crippen LogP contribution in [0.25, 0.3) is 11.1 Å². The van der Waals surface area contributed by atoms with Gasteiger partial charge in [-0.25, -0.2) is 4.79 Å². The van der Waals surface area contributed by atoms with Gasteiger partial charge in [-0.2, -0.15) is 0 Å². The van der Waals surface area contributed by atoms with Crippen LogP contribution in [-0.4, -0.2) is 5.97 Å². The standard InChI is InChI=1S/C26H26O2/c1-19-7-9-24(10-8-19)26(27)28-25-17-15-23(16-18-25)22-13-11-21(12-14-22)20-5-3-2-4-6-20/h7-18,20H,2-6H2,1H3. The van der Waals surface area contributed by atoms with Gasteiger partial charge in [0.05, 0.1) is 5.56 Å². The third-order valence-corrected chi connectivity index (χ3v) is 5.67. The number of ether oxygens (including phenoxy) is 1. The zero-order chi connectivity index (χ0) is 19.3. The van der Waals surface area contributed by atoms with Crippen molar-refractivity contribution < 1.29 is 9.53 Å². The second-order valence-electron chi connectivity index (χ2n) is 7.74. The third-order valence-electron chi connectivity index (χ3n) is 5.67. The molecule has 0 aromatic heterocycles. The zero-order valence-electron chi connectivity index (χ0n) is 16.4. The molecule has 4 rings (SSSR count). The zero-order valence-corrected chi connectivity index (χ0v) is 16.4. The van der Waals surface area contributed by atoms with E-state index in [1.807, 2.05) is 43.3 Å². The van der Waals surface area contributed by atoms with Crippen LogP contribution in [0, 0.1) is 6.92 Å². The minimum absolute atomic E-state index is 0.329. The Balaban J connectivity index is 1.42. The molecule has 0 aliphatic heterocycles. The van der Waals surface area contributed by atoms with Crippen LogP contribution in [-0.2, 0) is 0 Å². The lowest BCUT2D eigenvalue weighted by molar-refractivity contribution is 0.0735. The Kier molecular flexibility index (Phi) is 5.57. The molecule has 2 nitrogen and oxygen atoms in total. The maximum Gasteiger partial charge on any atom is 0.343 e. The van der Waals surface area contributed by atoms with Crippen LogP contribution in [0.3, 0.4) is 0 Å². The third kappa shape index (κ3) is 4.33. The predicted octanol–water partition coefficient (Wildman–Crippen LogP) is 6.93. The molecule has 0 bridgehead atoms. The van der Waals surface area contributed by atoms with Gasteiger partial charge in [0.2, 0.25) is 0 Å². The van der Waals surface area contributed by atoms with Crippen molar-refractivity contribution in [3.8, 4) is 16.9 Å². The largest absolute Gasteiger partial charge is 0.423 e. The van der Waals surface area contributed by atoms with Crippen molar-refractivity contribution in [2.75, 3.05) is 0 Å². The SMILES string of the molecule is Cc1ccc(C(=O)Oc2ccc(-c3ccc(C4CCCCC4)cc3)cc2)cc1. The van der Waals surface area contributed by atoms with Gasteiger partial charge in [-0.15, -0.1) is 0 Å². The molecule has 1 fully saturated rings. The van der Waals surface area contributed by atoms with E-state index < -0.39 is 0 Å². The lowest BCUT2D eigenvalue weighted by Crippen LogP contribution is -2.08. The lowest BCUT2D eigenvalue weighted by Gasteiger charge is -2.22. The molecule has 1 aliphatic carbocycles. The molecule has 142 valence electrons. The normalized spacial score (nSPS) is 14.6. The summed E-state index contributed by atoms with van der Waals surface area (Å²) >= 11 is 0. The molecule has 0 N–H and O–H groups in total. The molecule has 3 aromatic rings. The second kappa shape index (κ2) is 8.43. The van der Waals surface area contributed by atoms with Crippen LogP contribution < -0.4 is 4.74 Å². The molecule has 1 saturated carbocycles. The number of benzene rings is 3. The van der Waals surface area contributed by atoms with E-state index in [0.29, 0.717) is 11.3 Å². The highest BCUT2D eigenvalue weighted by Crippen LogP contribution is 2.33. The van der Waals surface area contributed by atoms with E-state index in [0.717, 1.165) is 17.0 Å². The molecular weight excluding hydrogens is 344 g/mol. The first-order valence-corrected chi connectivity index (χ1v) is 10.2. The maximum absolute atomic E-state index is 12.2. The Morgan fingerprint density at radius 1 is 0.750 bits per heavy atom. The Morgan fingerprint density at radius 2 is 1.32 bits per heavy atom. The summed E-state index contributed by atoms with van der Waals surface area (Å²) in [6.45, 7) is 2.00. The smallest absolute Gasteiger partial charge is 0.343 e. The molecule has 2 heteroatoms. The van der Waals surface area contributed by atoms with Crippen LogP contribution in [0.4, 0.5) is 0 Å². The van der Waals surface area contributed by atoms with E-state index in [1.165, 1.54) is 43.2 Å². The van der Waals surface area contributed by atoms with E-state index in [1.54, 1.807) is 12.1 Å². The quantitative estimate of drug-likeness (QED) is 0.368. The summed E-state index contributed by atoms with van der Waals surface area (Å²) in [6, 6.07) is 24.1. The summed E-state index contributed by atoms with van der Waals surface area (Å²) in [5.41, 5.74) is 5.47. The van der Waals surface area contributed by atoms with Gasteiger partial charge in [-0.1, -0.05) is 73.4 Å². The Hall–Kier alpha value is -2.87. The van der Waals surface area contributed by atoms with E-state index in [4.69, 9.17) is 4.74 Å². The van der Waals surface area contributed by atoms with Crippen LogP contribution in [0.2, 0.25) is 0 Å². The molecule has 0 heterocycles. The molecular formula is C26H26O2. The number of carbonyl (C=O) groups is 1. The first-order valence-electron chi connectivity index (χ1n) is 10.2. The van der Waals surface area contributed by atoms with Crippen LogP contribution in [0.1, 0.15) is 59.5 Å². The Bertz CT molecular complexity index is 916. The number of hydrogen-bond acceptors (Lipinski definition) is 2. The number of esters is 1. The number of rotatable bonds is 4. The van der Waals surface area contributed by atoms with Crippen molar-refractivity contribution in [3.05, 3.63) is 89.5 Å². The van der Waals surface area contributed by atoms with Crippen molar-refractivity contribution in [2.24, 2.45) is 0 Å². The van der Waals surface area contributed by atoms with Gasteiger partial charge < -0.3 is 4.74 Å². The van der Waals surface area contributed by atoms with Crippen molar-refractivity contribution in [1.82, 2.24) is 0 Å². The highest BCUT2D eigenvalue weighted by Gasteiger charge is 2.15. The average molecular weight is 370 g/mol. The van der Waals surface area contributed by atoms with Crippen molar-refractivity contribution in [1.29, 1.82) is 0 Å². The van der Waals surface area contributed by atoms with Gasteiger partial charge in [0, 0.05) is 0 Å². The van der Waals surface area contributed by atoms with Gasteiger partial charge >= 0.3 is 5.97 Å². The van der Waals surface area contributed by atoms with Gasteiger partial charge in [-0.3, -0.25) is 0 Å². The van der Waals surface area contributed by atoms with E-state index in [9.17, 15) is 4.79 Å². The molecule has 0 spiro atoms. The molecule has 0 atom stereocenters. The summed E-state index contributed by atoms with van der Waals surface area (Å²) in [5, 5.41) is 0. The van der Waals surface area contributed by atoms with Crippen LogP contribution in [0.15, 0.2) is 72.8 Å². The minimum Gasteiger partial charge on any atom is -0.423 e. The highest BCUT2D eigenvalue weighted by atomic mass is 16.5. The number of hydrogen-bond donors (Lipinski definition) is 0. The van der Waals surface area contributed by atoms with Gasteiger partial charge in [-0.05, 0) is 66.6 Å². The van der Waals surface area contributed by atoms with Gasteiger partial charge in [0.1, 0.15) is 5.75 Å². The Morgan fingerprint density at radius 3 is 1.93 bits per heavy atom. The van der Waals surface area contributed by atoms with Crippen LogP contribution >= 0.6 is 0 Å². The van der Waals surface area contributed by atoms with E-state index >= 15 is 0 Å². The fourth-order valence-corrected chi connectivity index (χ4v) is 3.95. The van der Waals surface area contributed by atoms with Crippen molar-refractivity contribution in [3.63, 3.8) is 0 Å². The lowest BCUT2D eigenvalue weighted by atomic mass is 9.84. The molecule has 0 unspecified atom stereocenters. The first kappa shape index (κ1) is 18.5. The molecule has 0 amide bonds. The molecule has 1 aliphatic rings. The number of carbonyl (C=O) groups excluding carboxylic acids is 1. The van der Waals surface area contributed by atoms with Gasteiger partial charge in [0.15, 0.2) is 0 Å². The number of aryl methyl sites for hydroxylation is 1. The summed E-state index contributed by atoms with van der Waals surface area (Å²) in [6.07, 6.45) is 6.74. The predicted molar refractivity (Wildman–Crippen MR) is 114 cm³/mol. The van der Waals surface area contributed by atoms with E-state index in [-0.39, 0.29) is 5.97 Å². The first-order chi connectivity index (χ1) is 13.7. The molecule has 0 saturated heterocycles. The van der Waals surface area contributed by atoms with Crippen molar-refractivity contribution in [2.45, 2.75) is 44.9 Å². The molecule has 28 heavy (non-hydrogen) atoms. The van der Waals surface area contributed by atoms with Crippen LogP contribution in [0.5, 0.6) is 5.75 Å². The highest BCUT2D eigenvalue weighted by molar-refractivity contribution is 5.91. The summed E-state index contributed by atoms with van der Waals surface area (Å²) in [7, 11) is 0. The molecule has 0 radical (unpaired) electrons. The fourth-order valence-electron chi connectivity index (χ4n) is 3.95.